The van der Waals surface area contributed by atoms with Crippen LogP contribution in [0.4, 0.5) is 5.69 Å². The first kappa shape index (κ1) is 11.6. The zero-order chi connectivity index (χ0) is 12.3. The fraction of sp³-hybridized carbons (Fsp3) is 0.417. The Kier molecular flexibility index (Phi) is 3.37. The van der Waals surface area contributed by atoms with Gasteiger partial charge in [0.25, 0.3) is 5.91 Å². The molecular formula is C12H15N3O2. The molecule has 1 N–H and O–H groups in total. The van der Waals surface area contributed by atoms with Crippen LogP contribution in [-0.2, 0) is 4.79 Å². The Bertz CT molecular complexity index is 418. The summed E-state index contributed by atoms with van der Waals surface area (Å²) in [5.41, 5.74) is 1.37. The van der Waals surface area contributed by atoms with Gasteiger partial charge in [-0.3, -0.25) is 9.59 Å². The Morgan fingerprint density at radius 1 is 1.35 bits per heavy atom. The van der Waals surface area contributed by atoms with E-state index in [0.717, 1.165) is 18.8 Å². The molecule has 1 saturated heterocycles. The number of carbonyl (C=O) groups excluding carboxylic acids is 2. The molecule has 1 fully saturated rings. The molecule has 0 aliphatic carbocycles. The minimum absolute atomic E-state index is 0.189. The Labute approximate surface area is 99.8 Å². The highest BCUT2D eigenvalue weighted by Gasteiger charge is 2.16. The molecule has 0 radical (unpaired) electrons. The van der Waals surface area contributed by atoms with E-state index in [1.807, 2.05) is 6.07 Å². The van der Waals surface area contributed by atoms with Crippen molar-refractivity contribution in [2.75, 3.05) is 25.0 Å². The monoisotopic (exact) mass is 233 g/mol. The fourth-order valence-corrected chi connectivity index (χ4v) is 1.85. The number of hydrogen-bond donors (Lipinski definition) is 1. The van der Waals surface area contributed by atoms with Crippen LogP contribution in [0.25, 0.3) is 0 Å². The lowest BCUT2D eigenvalue weighted by Gasteiger charge is -2.27. The van der Waals surface area contributed by atoms with Crippen LogP contribution >= 0.6 is 0 Å². The molecular weight excluding hydrogens is 218 g/mol. The van der Waals surface area contributed by atoms with Crippen LogP contribution in [0, 0.1) is 0 Å². The van der Waals surface area contributed by atoms with Gasteiger partial charge in [0, 0.05) is 33.0 Å². The quantitative estimate of drug-likeness (QED) is 0.813. The largest absolute Gasteiger partial charge is 0.369 e. The minimum atomic E-state index is -0.189. The van der Waals surface area contributed by atoms with Crippen molar-refractivity contribution in [1.29, 1.82) is 0 Å². The molecule has 0 atom stereocenters. The van der Waals surface area contributed by atoms with Crippen molar-refractivity contribution < 1.29 is 9.59 Å². The maximum absolute atomic E-state index is 11.3. The van der Waals surface area contributed by atoms with Crippen LogP contribution in [-0.4, -0.2) is 36.8 Å². The third-order valence-electron chi connectivity index (χ3n) is 2.89. The maximum Gasteiger partial charge on any atom is 0.269 e. The summed E-state index contributed by atoms with van der Waals surface area (Å²) in [6.07, 6.45) is 2.87. The number of hydrogen-bond acceptors (Lipinski definition) is 4. The highest BCUT2D eigenvalue weighted by molar-refractivity contribution is 5.92. The number of aromatic nitrogens is 1. The molecule has 5 heteroatoms. The molecule has 1 aromatic rings. The van der Waals surface area contributed by atoms with Gasteiger partial charge in [0.2, 0.25) is 0 Å². The lowest BCUT2D eigenvalue weighted by Crippen LogP contribution is -2.33. The Hall–Kier alpha value is -1.91. The van der Waals surface area contributed by atoms with E-state index in [2.05, 4.69) is 15.2 Å². The van der Waals surface area contributed by atoms with Crippen LogP contribution in [0.15, 0.2) is 18.3 Å². The molecule has 5 nitrogen and oxygen atoms in total. The van der Waals surface area contributed by atoms with Crippen LogP contribution in [0.2, 0.25) is 0 Å². The number of pyridine rings is 1. The van der Waals surface area contributed by atoms with Crippen molar-refractivity contribution >= 4 is 17.4 Å². The van der Waals surface area contributed by atoms with Gasteiger partial charge in [-0.25, -0.2) is 4.98 Å². The Morgan fingerprint density at radius 3 is 2.59 bits per heavy atom. The van der Waals surface area contributed by atoms with E-state index in [-0.39, 0.29) is 5.91 Å². The molecule has 2 heterocycles. The predicted molar refractivity (Wildman–Crippen MR) is 64.1 cm³/mol. The van der Waals surface area contributed by atoms with E-state index in [9.17, 15) is 9.59 Å². The second-order valence-corrected chi connectivity index (χ2v) is 4.01. The average Bonchev–Trinajstić information content (AvgIpc) is 2.39. The Morgan fingerprint density at radius 2 is 2.06 bits per heavy atom. The SMILES string of the molecule is CNC(=O)c1ccc(N2CCC(=O)CC2)cn1. The topological polar surface area (TPSA) is 62.3 Å². The van der Waals surface area contributed by atoms with Crippen LogP contribution in [0.1, 0.15) is 23.3 Å². The second kappa shape index (κ2) is 4.95. The van der Waals surface area contributed by atoms with Gasteiger partial charge in [-0.1, -0.05) is 0 Å². The first-order chi connectivity index (χ1) is 8.20. The van der Waals surface area contributed by atoms with Gasteiger partial charge >= 0.3 is 0 Å². The van der Waals surface area contributed by atoms with Gasteiger partial charge in [0.05, 0.1) is 11.9 Å². The lowest BCUT2D eigenvalue weighted by atomic mass is 10.1. The molecule has 1 aromatic heterocycles. The summed E-state index contributed by atoms with van der Waals surface area (Å²) in [7, 11) is 1.58. The standard InChI is InChI=1S/C12H15N3O2/c1-13-12(17)11-3-2-9(8-14-11)15-6-4-10(16)5-7-15/h2-3,8H,4-7H2,1H3,(H,13,17). The summed E-state index contributed by atoms with van der Waals surface area (Å²) in [5, 5.41) is 2.53. The van der Waals surface area contributed by atoms with Crippen LogP contribution < -0.4 is 10.2 Å². The molecule has 0 bridgehead atoms. The fourth-order valence-electron chi connectivity index (χ4n) is 1.85. The number of ketones is 1. The van der Waals surface area contributed by atoms with Crippen molar-refractivity contribution in [2.24, 2.45) is 0 Å². The first-order valence-corrected chi connectivity index (χ1v) is 5.65. The molecule has 0 aromatic carbocycles. The smallest absolute Gasteiger partial charge is 0.269 e. The van der Waals surface area contributed by atoms with Crippen molar-refractivity contribution in [1.82, 2.24) is 10.3 Å². The highest BCUT2D eigenvalue weighted by atomic mass is 16.1. The molecule has 2 rings (SSSR count). The van der Waals surface area contributed by atoms with Gasteiger partial charge < -0.3 is 10.2 Å². The molecule has 1 aliphatic heterocycles. The summed E-state index contributed by atoms with van der Waals surface area (Å²) < 4.78 is 0. The third kappa shape index (κ3) is 2.61. The molecule has 0 unspecified atom stereocenters. The number of nitrogens with one attached hydrogen (secondary N) is 1. The van der Waals surface area contributed by atoms with Gasteiger partial charge in [-0.05, 0) is 12.1 Å². The van der Waals surface area contributed by atoms with Crippen molar-refractivity contribution in [3.05, 3.63) is 24.0 Å². The van der Waals surface area contributed by atoms with E-state index in [1.54, 1.807) is 19.3 Å². The van der Waals surface area contributed by atoms with E-state index >= 15 is 0 Å². The molecule has 0 saturated carbocycles. The zero-order valence-corrected chi connectivity index (χ0v) is 9.77. The van der Waals surface area contributed by atoms with Crippen molar-refractivity contribution in [3.63, 3.8) is 0 Å². The predicted octanol–water partition coefficient (Wildman–Crippen LogP) is 0.610. The van der Waals surface area contributed by atoms with Gasteiger partial charge in [-0.2, -0.15) is 0 Å². The highest BCUT2D eigenvalue weighted by Crippen LogP contribution is 2.17. The number of amides is 1. The normalized spacial score (nSPS) is 15.8. The maximum atomic E-state index is 11.3. The van der Waals surface area contributed by atoms with E-state index in [0.29, 0.717) is 24.3 Å². The summed E-state index contributed by atoms with van der Waals surface area (Å²) in [4.78, 5) is 28.7. The summed E-state index contributed by atoms with van der Waals surface area (Å²) in [5.74, 6) is 0.126. The van der Waals surface area contributed by atoms with E-state index in [4.69, 9.17) is 0 Å². The summed E-state index contributed by atoms with van der Waals surface area (Å²) >= 11 is 0. The van der Waals surface area contributed by atoms with Crippen molar-refractivity contribution in [2.45, 2.75) is 12.8 Å². The van der Waals surface area contributed by atoms with Crippen LogP contribution in [0.3, 0.4) is 0 Å². The molecule has 0 spiro atoms. The summed E-state index contributed by atoms with van der Waals surface area (Å²) in [6.45, 7) is 1.47. The van der Waals surface area contributed by atoms with Crippen molar-refractivity contribution in [3.8, 4) is 0 Å². The van der Waals surface area contributed by atoms with Crippen LogP contribution in [0.5, 0.6) is 0 Å². The number of rotatable bonds is 2. The number of Topliss-reactive ketones (excluding diaryl/α,β-unsaturated/α-hetero) is 1. The minimum Gasteiger partial charge on any atom is -0.369 e. The third-order valence-corrected chi connectivity index (χ3v) is 2.89. The van der Waals surface area contributed by atoms with Gasteiger partial charge in [0.1, 0.15) is 11.5 Å². The van der Waals surface area contributed by atoms with Gasteiger partial charge in [-0.15, -0.1) is 0 Å². The number of nitrogens with zero attached hydrogens (tertiary/aromatic N) is 2. The van der Waals surface area contributed by atoms with Gasteiger partial charge in [0.15, 0.2) is 0 Å². The average molecular weight is 233 g/mol. The molecule has 1 amide bonds. The second-order valence-electron chi connectivity index (χ2n) is 4.01. The zero-order valence-electron chi connectivity index (χ0n) is 9.77. The number of piperidine rings is 1. The number of anilines is 1. The molecule has 17 heavy (non-hydrogen) atoms. The summed E-state index contributed by atoms with van der Waals surface area (Å²) in [6, 6.07) is 3.57. The molecule has 90 valence electrons. The molecule has 1 aliphatic rings. The number of carbonyl (C=O) groups is 2. The first-order valence-electron chi connectivity index (χ1n) is 5.65. The Balaban J connectivity index is 2.07. The van der Waals surface area contributed by atoms with E-state index < -0.39 is 0 Å². The lowest BCUT2D eigenvalue weighted by molar-refractivity contribution is -0.119. The van der Waals surface area contributed by atoms with E-state index in [1.165, 1.54) is 0 Å².